The van der Waals surface area contributed by atoms with Gasteiger partial charge in [-0.3, -0.25) is 9.59 Å². The summed E-state index contributed by atoms with van der Waals surface area (Å²) in [5, 5.41) is 0. The molecule has 0 bridgehead atoms. The van der Waals surface area contributed by atoms with Crippen molar-refractivity contribution in [2.75, 3.05) is 19.4 Å². The van der Waals surface area contributed by atoms with Crippen LogP contribution in [-0.4, -0.2) is 42.3 Å². The Morgan fingerprint density at radius 3 is 2.65 bits per heavy atom. The number of ketones is 1. The Balaban J connectivity index is 2.21. The molecule has 0 saturated carbocycles. The molecule has 0 unspecified atom stereocenters. The van der Waals surface area contributed by atoms with Crippen LogP contribution in [0.3, 0.4) is 0 Å². The number of hydrogen-bond donors (Lipinski definition) is 1. The predicted octanol–water partition coefficient (Wildman–Crippen LogP) is 0.615. The molecule has 1 heterocycles. The van der Waals surface area contributed by atoms with Crippen LogP contribution in [0.1, 0.15) is 23.2 Å². The lowest BCUT2D eigenvalue weighted by molar-refractivity contribution is -0.149. The molecule has 1 aliphatic heterocycles. The van der Waals surface area contributed by atoms with Gasteiger partial charge in [0.2, 0.25) is 0 Å². The van der Waals surface area contributed by atoms with Crippen molar-refractivity contribution in [1.82, 2.24) is 4.90 Å². The molecule has 2 N–H and O–H groups in total. The Morgan fingerprint density at radius 2 is 2.00 bits per heavy atom. The molecule has 0 aliphatic carbocycles. The molecule has 1 aromatic rings. The third-order valence-corrected chi connectivity index (χ3v) is 3.39. The number of nitrogen functional groups attached to an aromatic ring is 1. The molecule has 1 atom stereocenters. The lowest BCUT2D eigenvalue weighted by atomic mass is 10.1. The van der Waals surface area contributed by atoms with Crippen LogP contribution in [0.2, 0.25) is 0 Å². The Labute approximate surface area is 116 Å². The molecule has 1 aliphatic rings. The summed E-state index contributed by atoms with van der Waals surface area (Å²) in [6, 6.07) is 5.70. The van der Waals surface area contributed by atoms with Crippen LogP contribution in [0.5, 0.6) is 0 Å². The number of amides is 1. The Kier molecular flexibility index (Phi) is 4.02. The van der Waals surface area contributed by atoms with Gasteiger partial charge in [-0.1, -0.05) is 12.1 Å². The molecule has 106 valence electrons. The van der Waals surface area contributed by atoms with E-state index in [9.17, 15) is 14.4 Å². The maximum Gasteiger partial charge on any atom is 0.328 e. The van der Waals surface area contributed by atoms with Crippen LogP contribution in [0.25, 0.3) is 0 Å². The monoisotopic (exact) mass is 276 g/mol. The van der Waals surface area contributed by atoms with E-state index in [0.29, 0.717) is 19.4 Å². The van der Waals surface area contributed by atoms with Crippen molar-refractivity contribution in [3.63, 3.8) is 0 Å². The first-order chi connectivity index (χ1) is 9.56. The highest BCUT2D eigenvalue weighted by Crippen LogP contribution is 2.21. The minimum atomic E-state index is -0.712. The number of nitrogens with zero attached hydrogens (tertiary/aromatic N) is 1. The van der Waals surface area contributed by atoms with Gasteiger partial charge >= 0.3 is 5.97 Å². The van der Waals surface area contributed by atoms with Crippen LogP contribution < -0.4 is 5.73 Å². The fourth-order valence-electron chi connectivity index (χ4n) is 2.34. The molecular weight excluding hydrogens is 260 g/mol. The number of anilines is 1. The summed E-state index contributed by atoms with van der Waals surface area (Å²) in [4.78, 5) is 37.3. The lowest BCUT2D eigenvalue weighted by Gasteiger charge is -2.22. The van der Waals surface area contributed by atoms with Crippen molar-refractivity contribution in [3.05, 3.63) is 29.8 Å². The number of likely N-dealkylation sites (tertiary alicyclic amines) is 1. The second-order valence-corrected chi connectivity index (χ2v) is 4.60. The van der Waals surface area contributed by atoms with Gasteiger partial charge in [0, 0.05) is 12.2 Å². The maximum absolute atomic E-state index is 12.2. The average molecular weight is 276 g/mol. The second-order valence-electron chi connectivity index (χ2n) is 4.60. The normalized spacial score (nSPS) is 17.9. The van der Waals surface area contributed by atoms with Gasteiger partial charge in [0.25, 0.3) is 11.7 Å². The maximum atomic E-state index is 12.2. The topological polar surface area (TPSA) is 89.7 Å². The number of rotatable bonds is 3. The van der Waals surface area contributed by atoms with Crippen molar-refractivity contribution >= 4 is 23.3 Å². The number of esters is 1. The largest absolute Gasteiger partial charge is 0.467 e. The van der Waals surface area contributed by atoms with Gasteiger partial charge in [-0.05, 0) is 25.0 Å². The number of Topliss-reactive ketones (excluding diaryl/α,β-unsaturated/α-hetero) is 1. The summed E-state index contributed by atoms with van der Waals surface area (Å²) >= 11 is 0. The van der Waals surface area contributed by atoms with Gasteiger partial charge in [-0.25, -0.2) is 4.79 Å². The number of para-hydroxylation sites is 1. The number of hydrogen-bond acceptors (Lipinski definition) is 5. The first kappa shape index (κ1) is 14.0. The van der Waals surface area contributed by atoms with E-state index >= 15 is 0 Å². The minimum absolute atomic E-state index is 0.160. The summed E-state index contributed by atoms with van der Waals surface area (Å²) < 4.78 is 4.65. The quantitative estimate of drug-likeness (QED) is 0.378. The van der Waals surface area contributed by atoms with Gasteiger partial charge in [0.1, 0.15) is 6.04 Å². The standard InChI is InChI=1S/C14H16N2O4/c1-20-14(19)11-7-4-8-16(11)13(18)12(17)9-5-2-3-6-10(9)15/h2-3,5-6,11H,4,7-8,15H2,1H3/t11-/m0/s1. The van der Waals surface area contributed by atoms with E-state index in [2.05, 4.69) is 4.74 Å². The smallest absolute Gasteiger partial charge is 0.328 e. The number of methoxy groups -OCH3 is 1. The Bertz CT molecular complexity index is 556. The van der Waals surface area contributed by atoms with Crippen molar-refractivity contribution in [2.24, 2.45) is 0 Å². The summed E-state index contributed by atoms with van der Waals surface area (Å²) in [5.74, 6) is -1.90. The number of carbonyl (C=O) groups excluding carboxylic acids is 3. The van der Waals surface area contributed by atoms with Gasteiger partial charge in [0.05, 0.1) is 12.7 Å². The van der Waals surface area contributed by atoms with E-state index in [1.807, 2.05) is 0 Å². The van der Waals surface area contributed by atoms with Crippen LogP contribution in [0.4, 0.5) is 5.69 Å². The predicted molar refractivity (Wildman–Crippen MR) is 71.9 cm³/mol. The van der Waals surface area contributed by atoms with E-state index in [-0.39, 0.29) is 11.3 Å². The average Bonchev–Trinajstić information content (AvgIpc) is 2.94. The van der Waals surface area contributed by atoms with Crippen molar-refractivity contribution < 1.29 is 19.1 Å². The fourth-order valence-corrected chi connectivity index (χ4v) is 2.34. The first-order valence-corrected chi connectivity index (χ1v) is 6.34. The molecule has 6 heteroatoms. The third kappa shape index (κ3) is 2.49. The zero-order valence-electron chi connectivity index (χ0n) is 11.2. The number of ether oxygens (including phenoxy) is 1. The Hall–Kier alpha value is -2.37. The van der Waals surface area contributed by atoms with Crippen molar-refractivity contribution in [3.8, 4) is 0 Å². The van der Waals surface area contributed by atoms with Crippen LogP contribution in [-0.2, 0) is 14.3 Å². The first-order valence-electron chi connectivity index (χ1n) is 6.34. The molecule has 1 saturated heterocycles. The molecule has 6 nitrogen and oxygen atoms in total. The molecule has 0 spiro atoms. The second kappa shape index (κ2) is 5.73. The van der Waals surface area contributed by atoms with Crippen molar-refractivity contribution in [1.29, 1.82) is 0 Å². The van der Waals surface area contributed by atoms with Crippen LogP contribution in [0.15, 0.2) is 24.3 Å². The summed E-state index contributed by atoms with van der Waals surface area (Å²) in [5.41, 5.74) is 6.11. The lowest BCUT2D eigenvalue weighted by Crippen LogP contribution is -2.44. The van der Waals surface area contributed by atoms with Gasteiger partial charge in [-0.15, -0.1) is 0 Å². The number of benzene rings is 1. The fraction of sp³-hybridized carbons (Fsp3) is 0.357. The Morgan fingerprint density at radius 1 is 1.30 bits per heavy atom. The third-order valence-electron chi connectivity index (χ3n) is 3.39. The van der Waals surface area contributed by atoms with E-state index in [0.717, 1.165) is 0 Å². The molecule has 1 amide bonds. The summed E-state index contributed by atoms with van der Waals surface area (Å²) in [6.45, 7) is 0.372. The highest BCUT2D eigenvalue weighted by molar-refractivity contribution is 6.44. The SMILES string of the molecule is COC(=O)[C@@H]1CCCN1C(=O)C(=O)c1ccccc1N. The molecule has 1 aromatic carbocycles. The van der Waals surface area contributed by atoms with E-state index in [1.54, 1.807) is 18.2 Å². The van der Waals surface area contributed by atoms with Crippen molar-refractivity contribution in [2.45, 2.75) is 18.9 Å². The number of carbonyl (C=O) groups is 3. The van der Waals surface area contributed by atoms with Gasteiger partial charge in [0.15, 0.2) is 0 Å². The molecule has 0 aromatic heterocycles. The number of nitrogens with two attached hydrogens (primary N) is 1. The molecular formula is C14H16N2O4. The highest BCUT2D eigenvalue weighted by Gasteiger charge is 2.38. The molecule has 20 heavy (non-hydrogen) atoms. The van der Waals surface area contributed by atoms with E-state index in [1.165, 1.54) is 18.1 Å². The zero-order valence-corrected chi connectivity index (χ0v) is 11.2. The van der Waals surface area contributed by atoms with Crippen LogP contribution >= 0.6 is 0 Å². The van der Waals surface area contributed by atoms with Crippen LogP contribution in [0, 0.1) is 0 Å². The minimum Gasteiger partial charge on any atom is -0.467 e. The summed E-state index contributed by atoms with van der Waals surface area (Å²) in [7, 11) is 1.26. The highest BCUT2D eigenvalue weighted by atomic mass is 16.5. The van der Waals surface area contributed by atoms with E-state index in [4.69, 9.17) is 5.73 Å². The molecule has 2 rings (SSSR count). The van der Waals surface area contributed by atoms with Gasteiger partial charge < -0.3 is 15.4 Å². The van der Waals surface area contributed by atoms with Gasteiger partial charge in [-0.2, -0.15) is 0 Å². The van der Waals surface area contributed by atoms with E-state index < -0.39 is 23.7 Å². The summed E-state index contributed by atoms with van der Waals surface area (Å²) in [6.07, 6.45) is 1.18. The molecule has 1 fully saturated rings. The molecule has 0 radical (unpaired) electrons. The zero-order chi connectivity index (χ0) is 14.7.